The van der Waals surface area contributed by atoms with E-state index in [2.05, 4.69) is 10.2 Å². The van der Waals surface area contributed by atoms with Crippen LogP contribution in [0.3, 0.4) is 0 Å². The third-order valence-corrected chi connectivity index (χ3v) is 5.04. The number of carbonyl (C=O) groups is 2. The molecule has 1 heterocycles. The van der Waals surface area contributed by atoms with Gasteiger partial charge in [0.1, 0.15) is 0 Å². The number of rotatable bonds is 5. The Bertz CT molecular complexity index is 951. The number of nitro benzene ring substituents is 1. The molecule has 1 N–H and O–H groups in total. The molecule has 8 nitrogen and oxygen atoms in total. The highest BCUT2D eigenvalue weighted by molar-refractivity contribution is 6.09. The van der Waals surface area contributed by atoms with Crippen molar-refractivity contribution < 1.29 is 19.2 Å². The zero-order valence-corrected chi connectivity index (χ0v) is 16.4. The van der Waals surface area contributed by atoms with E-state index in [9.17, 15) is 19.7 Å². The molecule has 29 heavy (non-hydrogen) atoms. The van der Waals surface area contributed by atoms with Crippen LogP contribution >= 0.6 is 0 Å². The number of aryl methyl sites for hydroxylation is 1. The molecule has 2 aromatic carbocycles. The number of nitrogens with one attached hydrogen (secondary N) is 1. The van der Waals surface area contributed by atoms with E-state index in [0.29, 0.717) is 16.9 Å². The van der Waals surface area contributed by atoms with E-state index in [-0.39, 0.29) is 11.3 Å². The predicted molar refractivity (Wildman–Crippen MR) is 110 cm³/mol. The lowest BCUT2D eigenvalue weighted by Gasteiger charge is -2.30. The average Bonchev–Trinajstić information content (AvgIpc) is 2.74. The van der Waals surface area contributed by atoms with Gasteiger partial charge < -0.3 is 15.0 Å². The van der Waals surface area contributed by atoms with E-state index >= 15 is 0 Å². The van der Waals surface area contributed by atoms with Crippen molar-refractivity contribution in [2.24, 2.45) is 0 Å². The molecule has 0 radical (unpaired) electrons. The van der Waals surface area contributed by atoms with Gasteiger partial charge in [-0.05, 0) is 49.9 Å². The number of carbonyl (C=O) groups excluding carboxylic acids is 2. The molecule has 0 aliphatic carbocycles. The number of hydrogen-bond donors (Lipinski definition) is 1. The van der Waals surface area contributed by atoms with Crippen molar-refractivity contribution in [3.63, 3.8) is 0 Å². The Balaban J connectivity index is 1.96. The van der Waals surface area contributed by atoms with Gasteiger partial charge in [-0.3, -0.25) is 14.9 Å². The minimum atomic E-state index is -0.514. The molecule has 1 fully saturated rings. The third-order valence-electron chi connectivity index (χ3n) is 5.04. The molecule has 1 aliphatic rings. The maximum absolute atomic E-state index is 13.1. The summed E-state index contributed by atoms with van der Waals surface area (Å²) >= 11 is 0. The molecule has 8 heteroatoms. The summed E-state index contributed by atoms with van der Waals surface area (Å²) in [5.41, 5.74) is 2.29. The molecule has 0 aromatic heterocycles. The van der Waals surface area contributed by atoms with Gasteiger partial charge in [0.2, 0.25) is 0 Å². The lowest BCUT2D eigenvalue weighted by Crippen LogP contribution is -2.31. The van der Waals surface area contributed by atoms with Gasteiger partial charge in [-0.15, -0.1) is 0 Å². The summed E-state index contributed by atoms with van der Waals surface area (Å²) in [5, 5.41) is 14.0. The normalized spacial score (nSPS) is 13.7. The second kappa shape index (κ2) is 8.72. The summed E-state index contributed by atoms with van der Waals surface area (Å²) in [7, 11) is 1.29. The summed E-state index contributed by atoms with van der Waals surface area (Å²) in [6.07, 6.45) is 3.15. The minimum Gasteiger partial charge on any atom is -0.465 e. The molecule has 1 saturated heterocycles. The van der Waals surface area contributed by atoms with E-state index in [1.165, 1.54) is 25.3 Å². The number of nitro groups is 1. The van der Waals surface area contributed by atoms with Crippen LogP contribution in [0.25, 0.3) is 0 Å². The first-order chi connectivity index (χ1) is 13.9. The zero-order chi connectivity index (χ0) is 21.0. The molecule has 2 aromatic rings. The number of benzene rings is 2. The Morgan fingerprint density at radius 2 is 1.83 bits per heavy atom. The standard InChI is InChI=1S/C21H23N3O5/c1-14-6-7-15(21(26)29-2)12-18(14)22-20(25)17-13-16(24(27)28)8-9-19(17)23-10-4-3-5-11-23/h6-9,12-13H,3-5,10-11H2,1-2H3,(H,22,25). The third kappa shape index (κ3) is 4.53. The molecular formula is C21H23N3O5. The first-order valence-corrected chi connectivity index (χ1v) is 9.44. The Morgan fingerprint density at radius 3 is 2.48 bits per heavy atom. The number of non-ortho nitro benzene ring substituents is 1. The second-order valence-corrected chi connectivity index (χ2v) is 6.98. The van der Waals surface area contributed by atoms with E-state index in [1.807, 2.05) is 0 Å². The van der Waals surface area contributed by atoms with Crippen molar-refractivity contribution in [1.29, 1.82) is 0 Å². The van der Waals surface area contributed by atoms with Gasteiger partial charge in [-0.25, -0.2) is 4.79 Å². The number of esters is 1. The number of nitrogens with zero attached hydrogens (tertiary/aromatic N) is 2. The van der Waals surface area contributed by atoms with Crippen LogP contribution in [0.2, 0.25) is 0 Å². The maximum atomic E-state index is 13.1. The molecule has 1 aliphatic heterocycles. The Hall–Kier alpha value is -3.42. The van der Waals surface area contributed by atoms with Crippen molar-refractivity contribution in [3.05, 3.63) is 63.2 Å². The van der Waals surface area contributed by atoms with Gasteiger partial charge in [-0.1, -0.05) is 6.07 Å². The molecule has 0 bridgehead atoms. The van der Waals surface area contributed by atoms with Gasteiger partial charge in [0, 0.05) is 30.9 Å². The minimum absolute atomic E-state index is 0.143. The predicted octanol–water partition coefficient (Wildman–Crippen LogP) is 3.93. The van der Waals surface area contributed by atoms with Crippen LogP contribution in [0.4, 0.5) is 17.1 Å². The lowest BCUT2D eigenvalue weighted by atomic mass is 10.0. The van der Waals surface area contributed by atoms with Crippen molar-refractivity contribution in [2.45, 2.75) is 26.2 Å². The van der Waals surface area contributed by atoms with Crippen molar-refractivity contribution in [1.82, 2.24) is 0 Å². The van der Waals surface area contributed by atoms with E-state index < -0.39 is 16.8 Å². The number of methoxy groups -OCH3 is 1. The molecule has 0 unspecified atom stereocenters. The van der Waals surface area contributed by atoms with Crippen molar-refractivity contribution in [3.8, 4) is 0 Å². The van der Waals surface area contributed by atoms with Crippen LogP contribution in [0, 0.1) is 17.0 Å². The zero-order valence-electron chi connectivity index (χ0n) is 16.4. The van der Waals surface area contributed by atoms with Gasteiger partial charge in [-0.2, -0.15) is 0 Å². The molecule has 0 spiro atoms. The Labute approximate surface area is 168 Å². The van der Waals surface area contributed by atoms with Crippen LogP contribution in [0.5, 0.6) is 0 Å². The fraction of sp³-hybridized carbons (Fsp3) is 0.333. The maximum Gasteiger partial charge on any atom is 0.337 e. The molecule has 1 amide bonds. The first kappa shape index (κ1) is 20.3. The topological polar surface area (TPSA) is 102 Å². The summed E-state index contributed by atoms with van der Waals surface area (Å²) < 4.78 is 4.73. The van der Waals surface area contributed by atoms with Crippen molar-refractivity contribution >= 4 is 28.9 Å². The summed E-state index contributed by atoms with van der Waals surface area (Å²) in [6.45, 7) is 3.40. The highest BCUT2D eigenvalue weighted by Gasteiger charge is 2.22. The van der Waals surface area contributed by atoms with Gasteiger partial charge in [0.15, 0.2) is 0 Å². The number of piperidine rings is 1. The summed E-state index contributed by atoms with van der Waals surface area (Å²) in [5.74, 6) is -0.968. The number of ether oxygens (including phenoxy) is 1. The fourth-order valence-electron chi connectivity index (χ4n) is 3.42. The second-order valence-electron chi connectivity index (χ2n) is 6.98. The number of amides is 1. The fourth-order valence-corrected chi connectivity index (χ4v) is 3.42. The molecule has 3 rings (SSSR count). The Kier molecular flexibility index (Phi) is 6.11. The lowest BCUT2D eigenvalue weighted by molar-refractivity contribution is -0.384. The molecule has 0 atom stereocenters. The summed E-state index contributed by atoms with van der Waals surface area (Å²) in [4.78, 5) is 37.7. The molecular weight excluding hydrogens is 374 g/mol. The SMILES string of the molecule is COC(=O)c1ccc(C)c(NC(=O)c2cc([N+](=O)[O-])ccc2N2CCCCC2)c1. The van der Waals surface area contributed by atoms with Gasteiger partial charge in [0.05, 0.1) is 28.8 Å². The largest absolute Gasteiger partial charge is 0.465 e. The van der Waals surface area contributed by atoms with E-state index in [1.54, 1.807) is 25.1 Å². The molecule has 0 saturated carbocycles. The quantitative estimate of drug-likeness (QED) is 0.466. The van der Waals surface area contributed by atoms with Crippen LogP contribution in [0.1, 0.15) is 45.5 Å². The first-order valence-electron chi connectivity index (χ1n) is 9.44. The monoisotopic (exact) mass is 397 g/mol. The number of hydrogen-bond acceptors (Lipinski definition) is 6. The Morgan fingerprint density at radius 1 is 1.10 bits per heavy atom. The smallest absolute Gasteiger partial charge is 0.337 e. The van der Waals surface area contributed by atoms with Gasteiger partial charge >= 0.3 is 5.97 Å². The van der Waals surface area contributed by atoms with Gasteiger partial charge in [0.25, 0.3) is 11.6 Å². The van der Waals surface area contributed by atoms with Crippen LogP contribution in [-0.4, -0.2) is 37.0 Å². The van der Waals surface area contributed by atoms with Crippen LogP contribution in [-0.2, 0) is 4.74 Å². The summed E-state index contributed by atoms with van der Waals surface area (Å²) in [6, 6.07) is 9.22. The van der Waals surface area contributed by atoms with Crippen LogP contribution in [0.15, 0.2) is 36.4 Å². The van der Waals surface area contributed by atoms with Crippen LogP contribution < -0.4 is 10.2 Å². The average molecular weight is 397 g/mol. The highest BCUT2D eigenvalue weighted by Crippen LogP contribution is 2.29. The molecule has 152 valence electrons. The van der Waals surface area contributed by atoms with E-state index in [4.69, 9.17) is 4.74 Å². The highest BCUT2D eigenvalue weighted by atomic mass is 16.6. The van der Waals surface area contributed by atoms with Crippen molar-refractivity contribution in [2.75, 3.05) is 30.4 Å². The number of anilines is 2. The van der Waals surface area contributed by atoms with E-state index in [0.717, 1.165) is 37.9 Å².